The van der Waals surface area contributed by atoms with Crippen LogP contribution in [0.25, 0.3) is 0 Å². The first-order valence-corrected chi connectivity index (χ1v) is 17.9. The summed E-state index contributed by atoms with van der Waals surface area (Å²) in [6, 6.07) is 9.56. The number of carboxylic acid groups (broad SMARTS) is 1. The molecule has 1 heterocycles. The molecule has 18 heteroatoms. The zero-order valence-electron chi connectivity index (χ0n) is 29.6. The maximum Gasteiger partial charge on any atom is 0.418 e. The van der Waals surface area contributed by atoms with E-state index in [0.717, 1.165) is 60.4 Å². The van der Waals surface area contributed by atoms with E-state index >= 15 is 8.78 Å². The standard InChI is InChI=1S/C37H33F8N3O6S/c1-36(2,3)24-12-19(11-23(13-24)20-5-6-20)16-48(26-8-7-21(35(50)51)14-27(26)54-4)28(49)18-47(17-22-9-10-46-15-25(22)37(43,44)45)55(52,53)34-32(41)30(39)29(38)31(40)33(34)42/h7-15,20H,5-6,16-18H2,1-4H3,(H,50,51). The molecule has 294 valence electrons. The van der Waals surface area contributed by atoms with Gasteiger partial charge in [0.1, 0.15) is 5.75 Å². The maximum atomic E-state index is 15.1. The van der Waals surface area contributed by atoms with E-state index in [9.17, 15) is 49.5 Å². The molecule has 1 aliphatic rings. The molecule has 1 fully saturated rings. The highest BCUT2D eigenvalue weighted by molar-refractivity contribution is 7.89. The number of anilines is 1. The summed E-state index contributed by atoms with van der Waals surface area (Å²) in [5.41, 5.74) is -0.994. The monoisotopic (exact) mass is 799 g/mol. The minimum Gasteiger partial charge on any atom is -0.495 e. The topological polar surface area (TPSA) is 117 Å². The number of ether oxygens (including phenoxy) is 1. The van der Waals surface area contributed by atoms with Gasteiger partial charge < -0.3 is 14.7 Å². The molecule has 1 N–H and O–H groups in total. The molecular weight excluding hydrogens is 766 g/mol. The van der Waals surface area contributed by atoms with E-state index in [4.69, 9.17) is 4.74 Å². The van der Waals surface area contributed by atoms with E-state index in [0.29, 0.717) is 17.8 Å². The molecule has 1 aliphatic carbocycles. The number of sulfonamides is 1. The van der Waals surface area contributed by atoms with E-state index in [1.165, 1.54) is 0 Å². The molecule has 4 aromatic rings. The Morgan fingerprint density at radius 1 is 0.891 bits per heavy atom. The third-order valence-corrected chi connectivity index (χ3v) is 10.7. The number of methoxy groups -OCH3 is 1. The number of halogens is 8. The van der Waals surface area contributed by atoms with Crippen molar-refractivity contribution < 1.29 is 63.0 Å². The number of aromatic nitrogens is 1. The fourth-order valence-electron chi connectivity index (χ4n) is 5.83. The fourth-order valence-corrected chi connectivity index (χ4v) is 7.31. The van der Waals surface area contributed by atoms with E-state index in [1.54, 1.807) is 12.1 Å². The Morgan fingerprint density at radius 3 is 2.05 bits per heavy atom. The van der Waals surface area contributed by atoms with Gasteiger partial charge in [-0.3, -0.25) is 9.78 Å². The second kappa shape index (κ2) is 15.2. The van der Waals surface area contributed by atoms with Gasteiger partial charge in [-0.15, -0.1) is 0 Å². The average Bonchev–Trinajstić information content (AvgIpc) is 3.97. The van der Waals surface area contributed by atoms with Crippen LogP contribution in [-0.2, 0) is 39.5 Å². The molecule has 9 nitrogen and oxygen atoms in total. The molecule has 1 amide bonds. The molecule has 0 unspecified atom stereocenters. The van der Waals surface area contributed by atoms with Crippen LogP contribution in [0.15, 0.2) is 59.8 Å². The van der Waals surface area contributed by atoms with E-state index in [-0.39, 0.29) is 33.8 Å². The van der Waals surface area contributed by atoms with Crippen LogP contribution in [0.2, 0.25) is 0 Å². The number of carbonyl (C=O) groups excluding carboxylic acids is 1. The molecule has 0 atom stereocenters. The molecule has 3 aromatic carbocycles. The predicted molar refractivity (Wildman–Crippen MR) is 181 cm³/mol. The zero-order valence-corrected chi connectivity index (χ0v) is 30.4. The predicted octanol–water partition coefficient (Wildman–Crippen LogP) is 8.10. The van der Waals surface area contributed by atoms with Gasteiger partial charge >= 0.3 is 12.1 Å². The van der Waals surface area contributed by atoms with E-state index < -0.39 is 91.7 Å². The number of alkyl halides is 3. The van der Waals surface area contributed by atoms with Crippen molar-refractivity contribution >= 4 is 27.6 Å². The molecule has 0 spiro atoms. The Hall–Kier alpha value is -5.10. The lowest BCUT2D eigenvalue weighted by Crippen LogP contribution is -2.43. The summed E-state index contributed by atoms with van der Waals surface area (Å²) < 4.78 is 148. The van der Waals surface area contributed by atoms with Gasteiger partial charge in [-0.2, -0.15) is 17.5 Å². The van der Waals surface area contributed by atoms with Gasteiger partial charge in [-0.1, -0.05) is 39.0 Å². The summed E-state index contributed by atoms with van der Waals surface area (Å²) >= 11 is 0. The average molecular weight is 800 g/mol. The van der Waals surface area contributed by atoms with Crippen molar-refractivity contribution in [1.29, 1.82) is 0 Å². The number of aromatic carboxylic acids is 1. The highest BCUT2D eigenvalue weighted by atomic mass is 32.2. The van der Waals surface area contributed by atoms with Crippen LogP contribution in [0.5, 0.6) is 5.75 Å². The minimum absolute atomic E-state index is 0.148. The van der Waals surface area contributed by atoms with Crippen LogP contribution in [-0.4, -0.2) is 48.3 Å². The van der Waals surface area contributed by atoms with Crippen molar-refractivity contribution in [3.8, 4) is 5.75 Å². The number of nitrogens with zero attached hydrogens (tertiary/aromatic N) is 3. The lowest BCUT2D eigenvalue weighted by Gasteiger charge is -2.30. The van der Waals surface area contributed by atoms with Crippen LogP contribution in [0.4, 0.5) is 40.8 Å². The summed E-state index contributed by atoms with van der Waals surface area (Å²) in [6.45, 7) is 2.45. The summed E-state index contributed by atoms with van der Waals surface area (Å²) in [7, 11) is -4.91. The second-order valence-electron chi connectivity index (χ2n) is 13.9. The number of amides is 1. The van der Waals surface area contributed by atoms with Gasteiger partial charge in [0.05, 0.1) is 37.0 Å². The smallest absolute Gasteiger partial charge is 0.418 e. The number of rotatable bonds is 12. The molecule has 0 saturated heterocycles. The summed E-state index contributed by atoms with van der Waals surface area (Å²) in [6.07, 6.45) is -2.24. The van der Waals surface area contributed by atoms with Crippen LogP contribution < -0.4 is 9.64 Å². The molecule has 0 radical (unpaired) electrons. The van der Waals surface area contributed by atoms with Crippen molar-refractivity contribution in [3.63, 3.8) is 0 Å². The first-order chi connectivity index (χ1) is 25.6. The highest BCUT2D eigenvalue weighted by Crippen LogP contribution is 2.42. The van der Waals surface area contributed by atoms with Gasteiger partial charge in [-0.05, 0) is 70.7 Å². The highest BCUT2D eigenvalue weighted by Gasteiger charge is 2.41. The first kappa shape index (κ1) is 41.1. The van der Waals surface area contributed by atoms with Crippen molar-refractivity contribution in [2.24, 2.45) is 0 Å². The summed E-state index contributed by atoms with van der Waals surface area (Å²) in [5.74, 6) is -16.3. The number of hydrogen-bond acceptors (Lipinski definition) is 6. The fraction of sp³-hybridized carbons (Fsp3) is 0.324. The van der Waals surface area contributed by atoms with Gasteiger partial charge in [0.2, 0.25) is 21.7 Å². The van der Waals surface area contributed by atoms with Gasteiger partial charge in [0, 0.05) is 18.9 Å². The Kier molecular flexibility index (Phi) is 11.4. The van der Waals surface area contributed by atoms with E-state index in [1.807, 2.05) is 26.8 Å². The third kappa shape index (κ3) is 8.59. The van der Waals surface area contributed by atoms with Crippen molar-refractivity contribution in [2.75, 3.05) is 18.6 Å². The molecule has 1 aromatic heterocycles. The lowest BCUT2D eigenvalue weighted by atomic mass is 9.84. The SMILES string of the molecule is COc1cc(C(=O)O)ccc1N(Cc1cc(C2CC2)cc(C(C)(C)C)c1)C(=O)CN(Cc1ccncc1C(F)(F)F)S(=O)(=O)c1c(F)c(F)c(F)c(F)c1F. The van der Waals surface area contributed by atoms with Crippen molar-refractivity contribution in [1.82, 2.24) is 9.29 Å². The Balaban J connectivity index is 1.70. The largest absolute Gasteiger partial charge is 0.495 e. The first-order valence-electron chi connectivity index (χ1n) is 16.4. The molecule has 0 aliphatic heterocycles. The third-order valence-electron chi connectivity index (χ3n) is 8.93. The molecule has 5 rings (SSSR count). The quantitative estimate of drug-likeness (QED) is 0.0875. The lowest BCUT2D eigenvalue weighted by molar-refractivity contribution is -0.138. The molecule has 0 bridgehead atoms. The van der Waals surface area contributed by atoms with Gasteiger partial charge in [-0.25, -0.2) is 35.2 Å². The van der Waals surface area contributed by atoms with Crippen LogP contribution >= 0.6 is 0 Å². The van der Waals surface area contributed by atoms with Crippen LogP contribution in [0, 0.1) is 29.1 Å². The van der Waals surface area contributed by atoms with Crippen molar-refractivity contribution in [3.05, 3.63) is 117 Å². The molecule has 1 saturated carbocycles. The Morgan fingerprint density at radius 2 is 1.51 bits per heavy atom. The van der Waals surface area contributed by atoms with Crippen molar-refractivity contribution in [2.45, 2.75) is 69.1 Å². The van der Waals surface area contributed by atoms with Crippen LogP contribution in [0.1, 0.15) is 77.7 Å². The van der Waals surface area contributed by atoms with E-state index in [2.05, 4.69) is 4.98 Å². The number of benzene rings is 3. The number of pyridine rings is 1. The summed E-state index contributed by atoms with van der Waals surface area (Å²) in [4.78, 5) is 28.2. The summed E-state index contributed by atoms with van der Waals surface area (Å²) in [5, 5.41) is 9.58. The number of carboxylic acids is 1. The Labute approximate surface area is 310 Å². The molecule has 55 heavy (non-hydrogen) atoms. The normalized spacial score (nSPS) is 13.6. The second-order valence-corrected chi connectivity index (χ2v) is 15.7. The minimum atomic E-state index is -6.05. The van der Waals surface area contributed by atoms with Gasteiger partial charge in [0.25, 0.3) is 0 Å². The molecular formula is C37H33F8N3O6S. The van der Waals surface area contributed by atoms with Crippen LogP contribution in [0.3, 0.4) is 0 Å². The number of carbonyl (C=O) groups is 2. The number of hydrogen-bond donors (Lipinski definition) is 1. The maximum absolute atomic E-state index is 15.1. The Bertz CT molecular complexity index is 2250. The van der Waals surface area contributed by atoms with Gasteiger partial charge in [0.15, 0.2) is 28.2 Å². The zero-order chi connectivity index (χ0) is 40.8.